The van der Waals surface area contributed by atoms with E-state index in [1.165, 1.54) is 12.1 Å². The van der Waals surface area contributed by atoms with Crippen LogP contribution in [0.4, 0.5) is 4.79 Å². The van der Waals surface area contributed by atoms with Crippen molar-refractivity contribution >= 4 is 17.9 Å². The summed E-state index contributed by atoms with van der Waals surface area (Å²) in [6.45, 7) is 14.2. The standard InChI is InChI=1S/C28H47N3O5/c1-8-10-12-17-31(26(34)23(18-20(3)4)30-27(35)36-28(5,6)7)24(25(33)29-16-11-9-2)21-14-13-15-22(32)19-21/h13-15,19-20,23-24,32H,8-12,16-18H2,1-7H3,(H,29,33)(H,30,35). The molecule has 0 saturated heterocycles. The topological polar surface area (TPSA) is 108 Å². The second-order valence-electron chi connectivity index (χ2n) is 10.7. The molecule has 0 aromatic heterocycles. The summed E-state index contributed by atoms with van der Waals surface area (Å²) in [5, 5.41) is 15.8. The number of carbonyl (C=O) groups is 3. The van der Waals surface area contributed by atoms with E-state index in [2.05, 4.69) is 17.6 Å². The quantitative estimate of drug-likeness (QED) is 0.297. The summed E-state index contributed by atoms with van der Waals surface area (Å²) in [5.74, 6) is -0.515. The molecule has 0 aliphatic rings. The van der Waals surface area contributed by atoms with Gasteiger partial charge in [0.1, 0.15) is 23.4 Å². The van der Waals surface area contributed by atoms with E-state index in [-0.39, 0.29) is 23.5 Å². The Morgan fingerprint density at radius 1 is 1.06 bits per heavy atom. The highest BCUT2D eigenvalue weighted by Crippen LogP contribution is 2.27. The van der Waals surface area contributed by atoms with Crippen molar-refractivity contribution in [2.75, 3.05) is 13.1 Å². The molecular formula is C28H47N3O5. The van der Waals surface area contributed by atoms with Crippen molar-refractivity contribution in [1.29, 1.82) is 0 Å². The van der Waals surface area contributed by atoms with E-state index in [1.807, 2.05) is 20.8 Å². The van der Waals surface area contributed by atoms with E-state index in [0.29, 0.717) is 31.5 Å². The van der Waals surface area contributed by atoms with Gasteiger partial charge >= 0.3 is 6.09 Å². The Kier molecular flexibility index (Phi) is 13.3. The third-order valence-corrected chi connectivity index (χ3v) is 5.56. The van der Waals surface area contributed by atoms with Crippen LogP contribution < -0.4 is 10.6 Å². The maximum absolute atomic E-state index is 14.0. The van der Waals surface area contributed by atoms with Gasteiger partial charge in [0.05, 0.1) is 0 Å². The van der Waals surface area contributed by atoms with Gasteiger partial charge in [0.25, 0.3) is 0 Å². The van der Waals surface area contributed by atoms with E-state index >= 15 is 0 Å². The van der Waals surface area contributed by atoms with Crippen molar-refractivity contribution in [1.82, 2.24) is 15.5 Å². The Morgan fingerprint density at radius 2 is 1.72 bits per heavy atom. The fourth-order valence-corrected chi connectivity index (χ4v) is 3.89. The number of aromatic hydroxyl groups is 1. The van der Waals surface area contributed by atoms with Crippen molar-refractivity contribution in [2.45, 2.75) is 105 Å². The Bertz CT molecular complexity index is 835. The van der Waals surface area contributed by atoms with E-state index in [4.69, 9.17) is 4.74 Å². The molecule has 0 spiro atoms. The number of nitrogens with one attached hydrogen (secondary N) is 2. The molecule has 1 aromatic carbocycles. The van der Waals surface area contributed by atoms with Crippen LogP contribution >= 0.6 is 0 Å². The SMILES string of the molecule is CCCCCN(C(=O)C(CC(C)C)NC(=O)OC(C)(C)C)C(C(=O)NCCCC)c1cccc(O)c1. The number of alkyl carbamates (subject to hydrolysis) is 1. The largest absolute Gasteiger partial charge is 0.508 e. The highest BCUT2D eigenvalue weighted by atomic mass is 16.6. The maximum atomic E-state index is 14.0. The second-order valence-corrected chi connectivity index (χ2v) is 10.7. The summed E-state index contributed by atoms with van der Waals surface area (Å²) in [6.07, 6.45) is 4.02. The molecule has 0 aliphatic carbocycles. The molecule has 2 atom stereocenters. The maximum Gasteiger partial charge on any atom is 0.408 e. The minimum atomic E-state index is -0.937. The molecule has 1 rings (SSSR count). The number of hydrogen-bond donors (Lipinski definition) is 3. The molecule has 2 unspecified atom stereocenters. The van der Waals surface area contributed by atoms with Crippen LogP contribution in [0.3, 0.4) is 0 Å². The number of nitrogens with zero attached hydrogens (tertiary/aromatic N) is 1. The monoisotopic (exact) mass is 505 g/mol. The fourth-order valence-electron chi connectivity index (χ4n) is 3.89. The zero-order valence-electron chi connectivity index (χ0n) is 23.2. The lowest BCUT2D eigenvalue weighted by Gasteiger charge is -2.35. The van der Waals surface area contributed by atoms with E-state index in [0.717, 1.165) is 25.7 Å². The highest BCUT2D eigenvalue weighted by molar-refractivity contribution is 5.92. The molecule has 0 bridgehead atoms. The summed E-state index contributed by atoms with van der Waals surface area (Å²) in [4.78, 5) is 41.7. The van der Waals surface area contributed by atoms with Gasteiger partial charge in [0.2, 0.25) is 11.8 Å². The number of unbranched alkanes of at least 4 members (excludes halogenated alkanes) is 3. The lowest BCUT2D eigenvalue weighted by Crippen LogP contribution is -2.53. The lowest BCUT2D eigenvalue weighted by atomic mass is 9.98. The molecule has 8 heteroatoms. The molecule has 0 fully saturated rings. The number of ether oxygens (including phenoxy) is 1. The third-order valence-electron chi connectivity index (χ3n) is 5.56. The molecule has 0 saturated carbocycles. The second kappa shape index (κ2) is 15.4. The Labute approximate surface area is 217 Å². The first-order valence-corrected chi connectivity index (χ1v) is 13.3. The van der Waals surface area contributed by atoms with E-state index in [9.17, 15) is 19.5 Å². The van der Waals surface area contributed by atoms with Gasteiger partial charge in [0.15, 0.2) is 0 Å². The van der Waals surface area contributed by atoms with Gasteiger partial charge in [-0.1, -0.05) is 59.1 Å². The first-order chi connectivity index (χ1) is 16.9. The average molecular weight is 506 g/mol. The molecule has 0 aliphatic heterocycles. The number of phenols is 1. The Balaban J connectivity index is 3.43. The zero-order chi connectivity index (χ0) is 27.3. The molecule has 8 nitrogen and oxygen atoms in total. The van der Waals surface area contributed by atoms with Crippen LogP contribution in [-0.4, -0.2) is 52.6 Å². The predicted molar refractivity (Wildman–Crippen MR) is 143 cm³/mol. The number of benzene rings is 1. The van der Waals surface area contributed by atoms with Gasteiger partial charge in [0, 0.05) is 13.1 Å². The summed E-state index contributed by atoms with van der Waals surface area (Å²) < 4.78 is 5.42. The van der Waals surface area contributed by atoms with Gasteiger partial charge in [-0.25, -0.2) is 4.79 Å². The molecular weight excluding hydrogens is 458 g/mol. The van der Waals surface area contributed by atoms with Crippen LogP contribution in [0.1, 0.15) is 98.6 Å². The summed E-state index contributed by atoms with van der Waals surface area (Å²) >= 11 is 0. The van der Waals surface area contributed by atoms with Crippen LogP contribution in [0.5, 0.6) is 5.75 Å². The third kappa shape index (κ3) is 11.3. The van der Waals surface area contributed by atoms with Crippen LogP contribution in [0, 0.1) is 5.92 Å². The summed E-state index contributed by atoms with van der Waals surface area (Å²) in [6, 6.07) is 4.66. The minimum Gasteiger partial charge on any atom is -0.508 e. The van der Waals surface area contributed by atoms with Crippen molar-refractivity contribution in [3.8, 4) is 5.75 Å². The van der Waals surface area contributed by atoms with Gasteiger partial charge in [-0.3, -0.25) is 9.59 Å². The summed E-state index contributed by atoms with van der Waals surface area (Å²) in [7, 11) is 0. The Hall–Kier alpha value is -2.77. The van der Waals surface area contributed by atoms with Gasteiger partial charge in [-0.2, -0.15) is 0 Å². The van der Waals surface area contributed by atoms with Crippen LogP contribution in [0.2, 0.25) is 0 Å². The zero-order valence-corrected chi connectivity index (χ0v) is 23.2. The number of carbonyl (C=O) groups excluding carboxylic acids is 3. The fraction of sp³-hybridized carbons (Fsp3) is 0.679. The van der Waals surface area contributed by atoms with Crippen LogP contribution in [0.15, 0.2) is 24.3 Å². The van der Waals surface area contributed by atoms with Gasteiger partial charge in [-0.15, -0.1) is 0 Å². The number of rotatable bonds is 14. The molecule has 3 amide bonds. The number of phenolic OH excluding ortho intramolecular Hbond substituents is 1. The van der Waals surface area contributed by atoms with Crippen LogP contribution in [0.25, 0.3) is 0 Å². The Morgan fingerprint density at radius 3 is 2.28 bits per heavy atom. The average Bonchev–Trinajstić information content (AvgIpc) is 2.76. The molecule has 0 radical (unpaired) electrons. The first kappa shape index (κ1) is 31.3. The lowest BCUT2D eigenvalue weighted by molar-refractivity contribution is -0.143. The number of hydrogen-bond acceptors (Lipinski definition) is 5. The van der Waals surface area contributed by atoms with E-state index in [1.54, 1.807) is 37.8 Å². The van der Waals surface area contributed by atoms with Crippen molar-refractivity contribution < 1.29 is 24.2 Å². The van der Waals surface area contributed by atoms with Gasteiger partial charge in [-0.05, 0) is 63.6 Å². The molecule has 0 heterocycles. The number of amides is 3. The van der Waals surface area contributed by atoms with E-state index < -0.39 is 23.8 Å². The molecule has 3 N–H and O–H groups in total. The smallest absolute Gasteiger partial charge is 0.408 e. The normalized spacial score (nSPS) is 13.1. The van der Waals surface area contributed by atoms with Crippen LogP contribution in [-0.2, 0) is 14.3 Å². The minimum absolute atomic E-state index is 0.0189. The molecule has 36 heavy (non-hydrogen) atoms. The highest BCUT2D eigenvalue weighted by Gasteiger charge is 2.36. The first-order valence-electron chi connectivity index (χ1n) is 13.3. The van der Waals surface area contributed by atoms with Crippen molar-refractivity contribution in [3.05, 3.63) is 29.8 Å². The van der Waals surface area contributed by atoms with Gasteiger partial charge < -0.3 is 25.4 Å². The molecule has 204 valence electrons. The molecule has 1 aromatic rings. The summed E-state index contributed by atoms with van der Waals surface area (Å²) in [5.41, 5.74) is -0.186. The predicted octanol–water partition coefficient (Wildman–Crippen LogP) is 5.31. The van der Waals surface area contributed by atoms with Crippen molar-refractivity contribution in [3.63, 3.8) is 0 Å². The van der Waals surface area contributed by atoms with Crippen molar-refractivity contribution in [2.24, 2.45) is 5.92 Å².